The third kappa shape index (κ3) is 1.32. The Kier molecular flexibility index (Phi) is 2.03. The lowest BCUT2D eigenvalue weighted by Crippen LogP contribution is -2.33. The average Bonchev–Trinajstić information content (AvgIpc) is 2.15. The molecule has 1 aromatic rings. The Balaban J connectivity index is 2.93. The van der Waals surface area contributed by atoms with Crippen molar-refractivity contribution in [1.29, 1.82) is 0 Å². The first-order valence-corrected chi connectivity index (χ1v) is 6.05. The van der Waals surface area contributed by atoms with Gasteiger partial charge in [0.1, 0.15) is 5.76 Å². The fraction of sp³-hybridized carbons (Fsp3) is 0.125. The van der Waals surface area contributed by atoms with Crippen molar-refractivity contribution in [3.8, 4) is 0 Å². The van der Waals surface area contributed by atoms with Gasteiger partial charge in [0.05, 0.1) is 5.56 Å². The predicted octanol–water partition coefficient (Wildman–Crippen LogP) is 0.444. The van der Waals surface area contributed by atoms with Crippen LogP contribution in [0.2, 0.25) is 0 Å². The van der Waals surface area contributed by atoms with Crippen molar-refractivity contribution in [2.24, 2.45) is 7.05 Å². The summed E-state index contributed by atoms with van der Waals surface area (Å²) in [5.74, 6) is -0.221. The summed E-state index contributed by atoms with van der Waals surface area (Å²) >= 11 is -0.195. The molecule has 0 unspecified atom stereocenters. The molecule has 68 valence electrons. The van der Waals surface area contributed by atoms with E-state index >= 15 is 0 Å². The Morgan fingerprint density at radius 2 is 2.23 bits per heavy atom. The molecule has 0 bridgehead atoms. The van der Waals surface area contributed by atoms with Gasteiger partial charge in [0.25, 0.3) is 5.56 Å². The number of rotatable bonds is 0. The van der Waals surface area contributed by atoms with Gasteiger partial charge in [0.15, 0.2) is 0 Å². The first-order chi connectivity index (χ1) is 6.20. The molecule has 1 aliphatic heterocycles. The molecule has 2 rings (SSSR count). The van der Waals surface area contributed by atoms with Crippen molar-refractivity contribution >= 4 is 30.8 Å². The number of nitrogens with zero attached hydrogens (tertiary/aromatic N) is 1. The van der Waals surface area contributed by atoms with E-state index in [0.29, 0.717) is 11.3 Å². The highest BCUT2D eigenvalue weighted by Crippen LogP contribution is 2.14. The zero-order chi connectivity index (χ0) is 9.42. The second-order valence-corrected chi connectivity index (χ2v) is 4.60. The van der Waals surface area contributed by atoms with Crippen LogP contribution in [0.1, 0.15) is 11.3 Å². The zero-order valence-corrected chi connectivity index (χ0v) is 8.94. The van der Waals surface area contributed by atoms with Crippen molar-refractivity contribution in [3.63, 3.8) is 0 Å². The fourth-order valence-corrected chi connectivity index (χ4v) is 2.68. The molecule has 1 aromatic heterocycles. The van der Waals surface area contributed by atoms with Crippen LogP contribution in [0.4, 0.5) is 0 Å². The SMILES string of the molecule is Cn1c(=O)oc2c(c1=O)C=IC=C2. The van der Waals surface area contributed by atoms with E-state index in [2.05, 4.69) is 0 Å². The van der Waals surface area contributed by atoms with Gasteiger partial charge in [-0.3, -0.25) is 4.79 Å². The van der Waals surface area contributed by atoms with Gasteiger partial charge in [0.2, 0.25) is 0 Å². The molecule has 0 saturated heterocycles. The van der Waals surface area contributed by atoms with E-state index in [-0.39, 0.29) is 26.3 Å². The van der Waals surface area contributed by atoms with Crippen LogP contribution in [-0.2, 0) is 7.05 Å². The molecular formula is C8H6INO3. The molecule has 0 N–H and O–H groups in total. The van der Waals surface area contributed by atoms with Gasteiger partial charge in [-0.15, -0.1) is 0 Å². The summed E-state index contributed by atoms with van der Waals surface area (Å²) in [4.78, 5) is 22.6. The molecule has 0 radical (unpaired) electrons. The van der Waals surface area contributed by atoms with E-state index in [0.717, 1.165) is 4.57 Å². The van der Waals surface area contributed by atoms with E-state index in [1.54, 1.807) is 6.08 Å². The summed E-state index contributed by atoms with van der Waals surface area (Å²) in [5.41, 5.74) is 0.257. The van der Waals surface area contributed by atoms with Crippen molar-refractivity contribution in [2.45, 2.75) is 0 Å². The maximum atomic E-state index is 11.5. The van der Waals surface area contributed by atoms with Crippen molar-refractivity contribution in [3.05, 3.63) is 36.3 Å². The predicted molar refractivity (Wildman–Crippen MR) is 58.4 cm³/mol. The molecule has 2 heterocycles. The number of halogens is 1. The summed E-state index contributed by atoms with van der Waals surface area (Å²) in [6, 6.07) is 0. The highest BCUT2D eigenvalue weighted by Gasteiger charge is 2.11. The smallest absolute Gasteiger partial charge is 0.409 e. The van der Waals surface area contributed by atoms with Crippen molar-refractivity contribution < 1.29 is 4.42 Å². The molecule has 5 heteroatoms. The molecule has 0 fully saturated rings. The molecule has 0 amide bonds. The molecule has 13 heavy (non-hydrogen) atoms. The molecule has 0 aromatic carbocycles. The lowest BCUT2D eigenvalue weighted by molar-refractivity contribution is 0.434. The Morgan fingerprint density at radius 1 is 1.46 bits per heavy atom. The monoisotopic (exact) mass is 291 g/mol. The normalized spacial score (nSPS) is 13.6. The van der Waals surface area contributed by atoms with Crippen LogP contribution in [0.3, 0.4) is 0 Å². The van der Waals surface area contributed by atoms with E-state index in [4.69, 9.17) is 4.42 Å². The van der Waals surface area contributed by atoms with E-state index in [1.165, 1.54) is 7.05 Å². The van der Waals surface area contributed by atoms with Crippen LogP contribution in [0.15, 0.2) is 18.1 Å². The highest BCUT2D eigenvalue weighted by atomic mass is 127. The van der Waals surface area contributed by atoms with Crippen molar-refractivity contribution in [2.75, 3.05) is 0 Å². The lowest BCUT2D eigenvalue weighted by Gasteiger charge is -2.02. The number of fused-ring (bicyclic) bond motifs is 1. The molecule has 0 spiro atoms. The van der Waals surface area contributed by atoms with Gasteiger partial charge < -0.3 is 4.42 Å². The van der Waals surface area contributed by atoms with Gasteiger partial charge in [-0.2, -0.15) is 0 Å². The average molecular weight is 291 g/mol. The van der Waals surface area contributed by atoms with Crippen LogP contribution < -0.4 is 11.3 Å². The number of hydrogen-bond acceptors (Lipinski definition) is 3. The number of aromatic nitrogens is 1. The summed E-state index contributed by atoms with van der Waals surface area (Å²) in [6.45, 7) is 0. The molecule has 0 atom stereocenters. The first kappa shape index (κ1) is 8.61. The topological polar surface area (TPSA) is 52.2 Å². The van der Waals surface area contributed by atoms with E-state index in [9.17, 15) is 9.59 Å². The van der Waals surface area contributed by atoms with Crippen LogP contribution in [0.5, 0.6) is 0 Å². The summed E-state index contributed by atoms with van der Waals surface area (Å²) in [7, 11) is 1.42. The Hall–Kier alpha value is -0.980. The maximum Gasteiger partial charge on any atom is 0.422 e. The van der Waals surface area contributed by atoms with Gasteiger partial charge in [0, 0.05) is 7.05 Å². The summed E-state index contributed by atoms with van der Waals surface area (Å²) in [6.07, 6.45) is 1.70. The maximum absolute atomic E-state index is 11.5. The molecule has 4 nitrogen and oxygen atoms in total. The van der Waals surface area contributed by atoms with Crippen LogP contribution in [0.25, 0.3) is 6.08 Å². The second kappa shape index (κ2) is 3.06. The Labute approximate surface area is 83.2 Å². The second-order valence-electron chi connectivity index (χ2n) is 2.54. The molecule has 0 aliphatic carbocycles. The third-order valence-corrected chi connectivity index (χ3v) is 3.49. The Bertz CT molecular complexity index is 521. The largest absolute Gasteiger partial charge is 0.422 e. The van der Waals surface area contributed by atoms with Crippen LogP contribution in [0, 0.1) is 0 Å². The first-order valence-electron chi connectivity index (χ1n) is 3.56. The van der Waals surface area contributed by atoms with E-state index < -0.39 is 5.76 Å². The highest BCUT2D eigenvalue weighted by molar-refractivity contribution is 14.2. The van der Waals surface area contributed by atoms with Crippen molar-refractivity contribution in [1.82, 2.24) is 4.57 Å². The molecule has 1 aliphatic rings. The summed E-state index contributed by atoms with van der Waals surface area (Å²) < 4.78 is 9.71. The number of hydrogen-bond donors (Lipinski definition) is 0. The fourth-order valence-electron chi connectivity index (χ4n) is 1.00. The minimum Gasteiger partial charge on any atom is -0.409 e. The summed E-state index contributed by atoms with van der Waals surface area (Å²) in [5, 5.41) is 0. The Morgan fingerprint density at radius 3 is 3.00 bits per heavy atom. The standard InChI is InChI=1S/C8H6INO3/c1-10-7(11)5-4-9-3-2-6(5)13-8(10)12/h2-4H,1H3. The molecular weight excluding hydrogens is 285 g/mol. The van der Waals surface area contributed by atoms with Gasteiger partial charge in [-0.25, -0.2) is 9.36 Å². The minimum absolute atomic E-state index is 0.195. The van der Waals surface area contributed by atoms with Gasteiger partial charge in [-0.1, -0.05) is 20.7 Å². The van der Waals surface area contributed by atoms with Crippen LogP contribution >= 0.6 is 20.7 Å². The van der Waals surface area contributed by atoms with E-state index in [1.807, 2.05) is 8.09 Å². The van der Waals surface area contributed by atoms with Gasteiger partial charge >= 0.3 is 5.76 Å². The molecule has 0 saturated carbocycles. The minimum atomic E-state index is -0.609. The third-order valence-electron chi connectivity index (χ3n) is 1.73. The zero-order valence-electron chi connectivity index (χ0n) is 6.78. The lowest BCUT2D eigenvalue weighted by atomic mass is 10.3. The van der Waals surface area contributed by atoms with Gasteiger partial charge in [-0.05, 0) is 14.2 Å². The quantitative estimate of drug-likeness (QED) is 0.652. The van der Waals surface area contributed by atoms with Crippen LogP contribution in [-0.4, -0.2) is 8.58 Å².